The Morgan fingerprint density at radius 1 is 1.33 bits per heavy atom. The Bertz CT molecular complexity index is 534. The zero-order valence-corrected chi connectivity index (χ0v) is 10.5. The van der Waals surface area contributed by atoms with E-state index < -0.39 is 5.97 Å². The summed E-state index contributed by atoms with van der Waals surface area (Å²) in [5.74, 6) is 0.333. The molecule has 0 amide bonds. The lowest BCUT2D eigenvalue weighted by atomic mass is 10.2. The quantitative estimate of drug-likeness (QED) is 0.771. The van der Waals surface area contributed by atoms with Crippen LogP contribution >= 0.6 is 0 Å². The van der Waals surface area contributed by atoms with Gasteiger partial charge in [-0.15, -0.1) is 5.10 Å². The van der Waals surface area contributed by atoms with Crippen LogP contribution in [0.2, 0.25) is 0 Å². The molecule has 0 bridgehead atoms. The fraction of sp³-hybridized carbons (Fsp3) is 0.308. The van der Waals surface area contributed by atoms with Crippen LogP contribution in [0.4, 0.5) is 0 Å². The molecule has 0 aliphatic carbocycles. The van der Waals surface area contributed by atoms with Crippen LogP contribution in [0.5, 0.6) is 0 Å². The Morgan fingerprint density at radius 2 is 2.06 bits per heavy atom. The predicted molar refractivity (Wildman–Crippen MR) is 66.3 cm³/mol. The van der Waals surface area contributed by atoms with Crippen LogP contribution in [0.1, 0.15) is 28.9 Å². The van der Waals surface area contributed by atoms with Crippen molar-refractivity contribution in [2.24, 2.45) is 0 Å². The van der Waals surface area contributed by atoms with E-state index in [1.54, 1.807) is 11.6 Å². The highest BCUT2D eigenvalue weighted by Gasteiger charge is 2.15. The average molecular weight is 245 g/mol. The summed E-state index contributed by atoms with van der Waals surface area (Å²) in [6.45, 7) is 4.49. The number of nitrogens with zero attached hydrogens (tertiary/aromatic N) is 3. The first-order valence-electron chi connectivity index (χ1n) is 5.83. The van der Waals surface area contributed by atoms with Gasteiger partial charge in [0.2, 0.25) is 0 Å². The van der Waals surface area contributed by atoms with Crippen molar-refractivity contribution >= 4 is 5.97 Å². The molecule has 0 fully saturated rings. The van der Waals surface area contributed by atoms with Crippen molar-refractivity contribution in [2.45, 2.75) is 20.4 Å². The summed E-state index contributed by atoms with van der Waals surface area (Å²) in [6, 6.07) is 9.90. The van der Waals surface area contributed by atoms with E-state index in [1.807, 2.05) is 37.3 Å². The second kappa shape index (κ2) is 5.44. The van der Waals surface area contributed by atoms with Gasteiger partial charge in [0.25, 0.3) is 5.82 Å². The van der Waals surface area contributed by atoms with Crippen molar-refractivity contribution in [3.63, 3.8) is 0 Å². The molecular weight excluding hydrogens is 230 g/mol. The number of benzene rings is 1. The van der Waals surface area contributed by atoms with Crippen LogP contribution in [-0.4, -0.2) is 27.3 Å². The molecule has 0 saturated heterocycles. The number of aromatic nitrogens is 3. The van der Waals surface area contributed by atoms with Crippen molar-refractivity contribution < 1.29 is 9.53 Å². The highest BCUT2D eigenvalue weighted by atomic mass is 16.5. The third-order valence-corrected chi connectivity index (χ3v) is 2.49. The second-order valence-corrected chi connectivity index (χ2v) is 3.85. The lowest BCUT2D eigenvalue weighted by molar-refractivity contribution is 0.0511. The largest absolute Gasteiger partial charge is 0.460 e. The molecule has 5 heteroatoms. The lowest BCUT2D eigenvalue weighted by Gasteiger charge is -2.02. The molecule has 0 unspecified atom stereocenters. The summed E-state index contributed by atoms with van der Waals surface area (Å²) < 4.78 is 6.57. The number of esters is 1. The van der Waals surface area contributed by atoms with Gasteiger partial charge in [-0.25, -0.2) is 14.5 Å². The molecule has 2 rings (SSSR count). The van der Waals surface area contributed by atoms with Crippen LogP contribution in [0.15, 0.2) is 30.3 Å². The topological polar surface area (TPSA) is 57.0 Å². The standard InChI is InChI=1S/C13H15N3O2/c1-3-18-13(17)12-14-10(2)16(15-12)9-11-7-5-4-6-8-11/h4-8H,3,9H2,1-2H3. The summed E-state index contributed by atoms with van der Waals surface area (Å²) in [7, 11) is 0. The molecule has 1 aromatic carbocycles. The smallest absolute Gasteiger partial charge is 0.378 e. The Morgan fingerprint density at radius 3 is 2.72 bits per heavy atom. The molecule has 1 heterocycles. The minimum Gasteiger partial charge on any atom is -0.460 e. The number of aryl methyl sites for hydroxylation is 1. The fourth-order valence-electron chi connectivity index (χ4n) is 1.61. The van der Waals surface area contributed by atoms with Crippen molar-refractivity contribution in [1.82, 2.24) is 14.8 Å². The highest BCUT2D eigenvalue weighted by Crippen LogP contribution is 2.05. The zero-order chi connectivity index (χ0) is 13.0. The van der Waals surface area contributed by atoms with Gasteiger partial charge in [-0.2, -0.15) is 0 Å². The number of carbonyl (C=O) groups excluding carboxylic acids is 1. The summed E-state index contributed by atoms with van der Waals surface area (Å²) in [5.41, 5.74) is 1.11. The van der Waals surface area contributed by atoms with E-state index in [0.717, 1.165) is 5.56 Å². The molecule has 0 spiro atoms. The third-order valence-electron chi connectivity index (χ3n) is 2.49. The van der Waals surface area contributed by atoms with Gasteiger partial charge in [0.15, 0.2) is 0 Å². The summed E-state index contributed by atoms with van der Waals surface area (Å²) >= 11 is 0. The second-order valence-electron chi connectivity index (χ2n) is 3.85. The summed E-state index contributed by atoms with van der Waals surface area (Å²) in [4.78, 5) is 15.6. The van der Waals surface area contributed by atoms with Crippen LogP contribution in [0.25, 0.3) is 0 Å². The molecule has 94 valence electrons. The van der Waals surface area contributed by atoms with Crippen molar-refractivity contribution in [3.8, 4) is 0 Å². The maximum atomic E-state index is 11.5. The summed E-state index contributed by atoms with van der Waals surface area (Å²) in [6.07, 6.45) is 0. The number of ether oxygens (including phenoxy) is 1. The lowest BCUT2D eigenvalue weighted by Crippen LogP contribution is -2.08. The Hall–Kier alpha value is -2.17. The van der Waals surface area contributed by atoms with Crippen molar-refractivity contribution in [2.75, 3.05) is 6.61 Å². The predicted octanol–water partition coefficient (Wildman–Crippen LogP) is 1.81. The van der Waals surface area contributed by atoms with Gasteiger partial charge < -0.3 is 4.74 Å². The average Bonchev–Trinajstić information content (AvgIpc) is 2.73. The zero-order valence-electron chi connectivity index (χ0n) is 10.5. The first-order chi connectivity index (χ1) is 8.70. The number of rotatable bonds is 4. The van der Waals surface area contributed by atoms with Gasteiger partial charge in [0, 0.05) is 0 Å². The van der Waals surface area contributed by atoms with E-state index >= 15 is 0 Å². The Kier molecular flexibility index (Phi) is 3.72. The molecule has 5 nitrogen and oxygen atoms in total. The minimum atomic E-state index is -0.479. The van der Waals surface area contributed by atoms with E-state index in [9.17, 15) is 4.79 Å². The molecule has 0 radical (unpaired) electrons. The van der Waals surface area contributed by atoms with Crippen LogP contribution in [0.3, 0.4) is 0 Å². The number of hydrogen-bond donors (Lipinski definition) is 0. The maximum Gasteiger partial charge on any atom is 0.378 e. The molecule has 2 aromatic rings. The van der Waals surface area contributed by atoms with E-state index in [-0.39, 0.29) is 5.82 Å². The van der Waals surface area contributed by atoms with Crippen LogP contribution < -0.4 is 0 Å². The first kappa shape index (κ1) is 12.3. The summed E-state index contributed by atoms with van der Waals surface area (Å²) in [5, 5.41) is 4.15. The monoisotopic (exact) mass is 245 g/mol. The van der Waals surface area contributed by atoms with E-state index in [0.29, 0.717) is 19.0 Å². The van der Waals surface area contributed by atoms with Gasteiger partial charge in [0.1, 0.15) is 5.82 Å². The normalized spacial score (nSPS) is 10.3. The van der Waals surface area contributed by atoms with Crippen LogP contribution in [0, 0.1) is 6.92 Å². The van der Waals surface area contributed by atoms with E-state index in [2.05, 4.69) is 10.1 Å². The SMILES string of the molecule is CCOC(=O)c1nc(C)n(Cc2ccccc2)n1. The number of hydrogen-bond acceptors (Lipinski definition) is 4. The van der Waals surface area contributed by atoms with E-state index in [4.69, 9.17) is 4.74 Å². The minimum absolute atomic E-state index is 0.116. The van der Waals surface area contributed by atoms with Gasteiger partial charge >= 0.3 is 5.97 Å². The molecule has 0 aliphatic heterocycles. The van der Waals surface area contributed by atoms with Gasteiger partial charge in [-0.1, -0.05) is 30.3 Å². The Labute approximate surface area is 105 Å². The molecule has 0 atom stereocenters. The van der Waals surface area contributed by atoms with Gasteiger partial charge in [0.05, 0.1) is 13.2 Å². The maximum absolute atomic E-state index is 11.5. The molecule has 18 heavy (non-hydrogen) atoms. The molecular formula is C13H15N3O2. The van der Waals surface area contributed by atoms with Gasteiger partial charge in [-0.05, 0) is 19.4 Å². The third kappa shape index (κ3) is 2.74. The van der Waals surface area contributed by atoms with Gasteiger partial charge in [-0.3, -0.25) is 0 Å². The first-order valence-corrected chi connectivity index (χ1v) is 5.83. The highest BCUT2D eigenvalue weighted by molar-refractivity contribution is 5.84. The Balaban J connectivity index is 2.17. The number of carbonyl (C=O) groups is 1. The molecule has 0 saturated carbocycles. The molecule has 0 N–H and O–H groups in total. The fourth-order valence-corrected chi connectivity index (χ4v) is 1.61. The van der Waals surface area contributed by atoms with Crippen molar-refractivity contribution in [3.05, 3.63) is 47.5 Å². The molecule has 0 aliphatic rings. The van der Waals surface area contributed by atoms with Crippen LogP contribution in [-0.2, 0) is 11.3 Å². The van der Waals surface area contributed by atoms with E-state index in [1.165, 1.54) is 0 Å². The molecule has 1 aromatic heterocycles. The van der Waals surface area contributed by atoms with Crippen molar-refractivity contribution in [1.29, 1.82) is 0 Å².